The van der Waals surface area contributed by atoms with Crippen molar-refractivity contribution < 1.29 is 19.1 Å². The molecule has 1 aromatic heterocycles. The summed E-state index contributed by atoms with van der Waals surface area (Å²) in [4.78, 5) is 29.7. The highest BCUT2D eigenvalue weighted by molar-refractivity contribution is 9.10. The lowest BCUT2D eigenvalue weighted by Crippen LogP contribution is -2.27. The van der Waals surface area contributed by atoms with Crippen molar-refractivity contribution in [2.45, 2.75) is 54.0 Å². The first-order valence-corrected chi connectivity index (χ1v) is 12.7. The first kappa shape index (κ1) is 25.7. The number of halogens is 1. The molecule has 7 nitrogen and oxygen atoms in total. The van der Waals surface area contributed by atoms with Gasteiger partial charge in [-0.15, -0.1) is 0 Å². The van der Waals surface area contributed by atoms with Crippen molar-refractivity contribution in [1.29, 1.82) is 0 Å². The van der Waals surface area contributed by atoms with Gasteiger partial charge in [0.25, 0.3) is 0 Å². The van der Waals surface area contributed by atoms with E-state index in [9.17, 15) is 14.7 Å². The highest BCUT2D eigenvalue weighted by Crippen LogP contribution is 2.48. The van der Waals surface area contributed by atoms with Crippen molar-refractivity contribution in [3.63, 3.8) is 0 Å². The zero-order valence-corrected chi connectivity index (χ0v) is 22.7. The zero-order chi connectivity index (χ0) is 26.2. The van der Waals surface area contributed by atoms with Crippen LogP contribution in [0.1, 0.15) is 61.7 Å². The second-order valence-corrected chi connectivity index (χ2v) is 10.7. The maximum Gasteiger partial charge on any atom is 0.354 e. The Morgan fingerprint density at radius 2 is 1.86 bits per heavy atom. The Hall–Kier alpha value is -3.39. The van der Waals surface area contributed by atoms with E-state index in [1.54, 1.807) is 24.0 Å². The maximum absolute atomic E-state index is 12.9. The second-order valence-electron chi connectivity index (χ2n) is 9.90. The lowest BCUT2D eigenvalue weighted by molar-refractivity contribution is -0.123. The highest BCUT2D eigenvalue weighted by Gasteiger charge is 2.29. The van der Waals surface area contributed by atoms with Crippen LogP contribution in [0.3, 0.4) is 0 Å². The van der Waals surface area contributed by atoms with Gasteiger partial charge in [-0.05, 0) is 52.5 Å². The molecule has 1 amide bonds. The largest absolute Gasteiger partial charge is 0.477 e. The molecule has 36 heavy (non-hydrogen) atoms. The summed E-state index contributed by atoms with van der Waals surface area (Å²) in [6.45, 7) is 9.69. The smallest absolute Gasteiger partial charge is 0.354 e. The Labute approximate surface area is 219 Å². The lowest BCUT2D eigenvalue weighted by atomic mass is 9.94. The minimum Gasteiger partial charge on any atom is -0.477 e. The number of benzene rings is 1. The van der Waals surface area contributed by atoms with Crippen LogP contribution in [0.2, 0.25) is 0 Å². The number of anilines is 1. The first-order chi connectivity index (χ1) is 17.0. The van der Waals surface area contributed by atoms with Crippen LogP contribution in [0.5, 0.6) is 0 Å². The number of fused-ring (bicyclic) bond motifs is 1. The van der Waals surface area contributed by atoms with E-state index >= 15 is 0 Å². The topological polar surface area (TPSA) is 97.4 Å². The summed E-state index contributed by atoms with van der Waals surface area (Å²) in [5, 5.41) is 13.1. The van der Waals surface area contributed by atoms with Gasteiger partial charge in [0.1, 0.15) is 5.82 Å². The molecule has 1 aromatic carbocycles. The van der Waals surface area contributed by atoms with Crippen LogP contribution in [0, 0.1) is 12.3 Å². The number of carboxylic acids is 1. The fourth-order valence-corrected chi connectivity index (χ4v) is 5.17. The number of nitrogens with one attached hydrogen (secondary N) is 1. The van der Waals surface area contributed by atoms with Crippen molar-refractivity contribution in [2.24, 2.45) is 5.41 Å². The molecule has 0 fully saturated rings. The van der Waals surface area contributed by atoms with Gasteiger partial charge >= 0.3 is 5.97 Å². The van der Waals surface area contributed by atoms with Crippen LogP contribution in [-0.2, 0) is 17.8 Å². The Kier molecular flexibility index (Phi) is 7.09. The summed E-state index contributed by atoms with van der Waals surface area (Å²) in [6, 6.07) is 9.53. The van der Waals surface area contributed by atoms with Crippen LogP contribution in [-0.4, -0.2) is 26.5 Å². The molecule has 0 atom stereocenters. The molecule has 0 radical (unpaired) electrons. The third-order valence-corrected chi connectivity index (χ3v) is 7.04. The standard InChI is InChI=1S/C28H30BrN3O4/c1-6-9-22-30-16(2)25(26(33)34)32(22)14-19-17-12-13-36-15-20(17)24(29)23(19)18-10-7-8-11-21(18)31-27(35)28(3,4)5/h7-8,10-13,15H,6,9,14H2,1-5H3,(H,31,35)(H,33,34). The van der Waals surface area contributed by atoms with Crippen molar-refractivity contribution in [3.8, 4) is 22.3 Å². The lowest BCUT2D eigenvalue weighted by Gasteiger charge is -2.20. The molecule has 0 saturated carbocycles. The first-order valence-electron chi connectivity index (χ1n) is 11.9. The quantitative estimate of drug-likeness (QED) is 0.257. The van der Waals surface area contributed by atoms with E-state index < -0.39 is 11.4 Å². The van der Waals surface area contributed by atoms with Crippen molar-refractivity contribution in [1.82, 2.24) is 9.55 Å². The number of imidazole rings is 1. The predicted octanol–water partition coefficient (Wildman–Crippen LogP) is 7.00. The van der Waals surface area contributed by atoms with Gasteiger partial charge in [-0.1, -0.05) is 45.9 Å². The summed E-state index contributed by atoms with van der Waals surface area (Å²) in [6.07, 6.45) is 4.79. The molecule has 2 aromatic rings. The van der Waals surface area contributed by atoms with Crippen LogP contribution in [0.25, 0.3) is 22.3 Å². The summed E-state index contributed by atoms with van der Waals surface area (Å²) in [7, 11) is 0. The Morgan fingerprint density at radius 3 is 2.53 bits per heavy atom. The van der Waals surface area contributed by atoms with Gasteiger partial charge in [-0.2, -0.15) is 0 Å². The number of nitrogens with zero attached hydrogens (tertiary/aromatic N) is 2. The van der Waals surface area contributed by atoms with E-state index in [-0.39, 0.29) is 11.6 Å². The van der Waals surface area contributed by atoms with E-state index in [2.05, 4.69) is 26.2 Å². The molecule has 8 heteroatoms. The molecule has 4 rings (SSSR count). The summed E-state index contributed by atoms with van der Waals surface area (Å²) >= 11 is 3.78. The molecular formula is C28H30BrN3O4. The number of aromatic carboxylic acids is 1. The number of carboxylic acid groups (broad SMARTS) is 1. The van der Waals surface area contributed by atoms with Crippen LogP contribution < -0.4 is 5.32 Å². The molecule has 1 aliphatic carbocycles. The van der Waals surface area contributed by atoms with Gasteiger partial charge in [0.15, 0.2) is 5.69 Å². The van der Waals surface area contributed by atoms with Crippen LogP contribution in [0.4, 0.5) is 5.69 Å². The number of carbonyl (C=O) groups excluding carboxylic acids is 1. The van der Waals surface area contributed by atoms with Gasteiger partial charge in [0, 0.05) is 38.7 Å². The fraction of sp³-hybridized carbons (Fsp3) is 0.321. The van der Waals surface area contributed by atoms with Crippen molar-refractivity contribution in [2.75, 3.05) is 5.32 Å². The molecular weight excluding hydrogens is 522 g/mol. The van der Waals surface area contributed by atoms with Gasteiger partial charge < -0.3 is 19.4 Å². The molecule has 2 heterocycles. The third-order valence-electron chi connectivity index (χ3n) is 6.21. The minimum atomic E-state index is -1.01. The summed E-state index contributed by atoms with van der Waals surface area (Å²) in [5.41, 5.74) is 5.22. The normalized spacial score (nSPS) is 11.7. The Balaban J connectivity index is 1.95. The van der Waals surface area contributed by atoms with E-state index in [0.29, 0.717) is 24.3 Å². The summed E-state index contributed by atoms with van der Waals surface area (Å²) in [5.74, 6) is -0.368. The molecule has 0 unspecified atom stereocenters. The highest BCUT2D eigenvalue weighted by atomic mass is 79.9. The van der Waals surface area contributed by atoms with Crippen molar-refractivity contribution in [3.05, 3.63) is 70.1 Å². The number of rotatable bonds is 7. The Morgan fingerprint density at radius 1 is 1.14 bits per heavy atom. The maximum atomic E-state index is 12.9. The molecule has 188 valence electrons. The van der Waals surface area contributed by atoms with Gasteiger partial charge in [-0.25, -0.2) is 9.78 Å². The van der Waals surface area contributed by atoms with E-state index in [1.807, 2.05) is 58.0 Å². The molecule has 1 aliphatic heterocycles. The molecule has 2 N–H and O–H groups in total. The molecule has 0 bridgehead atoms. The number of aromatic nitrogens is 2. The van der Waals surface area contributed by atoms with Gasteiger partial charge in [0.2, 0.25) is 5.91 Å². The van der Waals surface area contributed by atoms with Crippen LogP contribution in [0.15, 0.2) is 51.7 Å². The third kappa shape index (κ3) is 4.69. The second kappa shape index (κ2) is 9.93. The van der Waals surface area contributed by atoms with Gasteiger partial charge in [-0.3, -0.25) is 4.79 Å². The van der Waals surface area contributed by atoms with E-state index in [1.165, 1.54) is 0 Å². The minimum absolute atomic E-state index is 0.0950. The number of hydrogen-bond acceptors (Lipinski definition) is 4. The predicted molar refractivity (Wildman–Crippen MR) is 144 cm³/mol. The van der Waals surface area contributed by atoms with E-state index in [0.717, 1.165) is 44.5 Å². The zero-order valence-electron chi connectivity index (χ0n) is 21.1. The number of carbonyl (C=O) groups is 2. The average Bonchev–Trinajstić information content (AvgIpc) is 3.28. The molecule has 2 aliphatic rings. The summed E-state index contributed by atoms with van der Waals surface area (Å²) < 4.78 is 8.10. The fourth-order valence-electron chi connectivity index (χ4n) is 4.41. The van der Waals surface area contributed by atoms with E-state index in [4.69, 9.17) is 4.42 Å². The molecule has 0 spiro atoms. The number of hydrogen-bond donors (Lipinski definition) is 2. The monoisotopic (exact) mass is 551 g/mol. The van der Waals surface area contributed by atoms with Crippen molar-refractivity contribution >= 4 is 33.5 Å². The Bertz CT molecular complexity index is 1410. The van der Waals surface area contributed by atoms with Crippen LogP contribution >= 0.6 is 15.9 Å². The SMILES string of the molecule is CCCc1nc(C)c(C(=O)O)n1Cc1c2ccocc-2c(Br)c1-c1ccccc1NC(=O)C(C)(C)C. The number of aryl methyl sites for hydroxylation is 2. The number of amides is 1. The van der Waals surface area contributed by atoms with Gasteiger partial charge in [0.05, 0.1) is 24.8 Å². The average molecular weight is 552 g/mol. The number of para-hydroxylation sites is 1. The molecule has 0 saturated heterocycles.